The first-order valence-corrected chi connectivity index (χ1v) is 12.3. The largest absolute Gasteiger partial charge is 0.326 e. The lowest BCUT2D eigenvalue weighted by atomic mass is 10.1. The van der Waals surface area contributed by atoms with Crippen LogP contribution in [0.15, 0.2) is 23.1 Å². The molecule has 1 heterocycles. The first kappa shape index (κ1) is 17.4. The van der Waals surface area contributed by atoms with E-state index in [1.54, 1.807) is 6.92 Å². The summed E-state index contributed by atoms with van der Waals surface area (Å²) in [6.45, 7) is 1.56. The van der Waals surface area contributed by atoms with Gasteiger partial charge in [0.1, 0.15) is 0 Å². The van der Waals surface area contributed by atoms with Gasteiger partial charge in [0.2, 0.25) is 5.91 Å². The summed E-state index contributed by atoms with van der Waals surface area (Å²) < 4.78 is 0.811. The smallest absolute Gasteiger partial charge is 0.221 e. The zero-order chi connectivity index (χ0) is 15.6. The Kier molecular flexibility index (Phi) is 5.91. The molecule has 0 fully saturated rings. The Balaban J connectivity index is 2.53. The highest BCUT2D eigenvalue weighted by Gasteiger charge is 2.41. The van der Waals surface area contributed by atoms with E-state index in [4.69, 9.17) is 0 Å². The van der Waals surface area contributed by atoms with Crippen molar-refractivity contribution in [2.75, 3.05) is 30.3 Å². The molecule has 21 heavy (non-hydrogen) atoms. The maximum absolute atomic E-state index is 11.3. The van der Waals surface area contributed by atoms with Crippen LogP contribution in [0.5, 0.6) is 0 Å². The van der Waals surface area contributed by atoms with Crippen LogP contribution in [-0.2, 0) is 8.87 Å². The maximum atomic E-state index is 11.3. The number of hydrogen-bond donors (Lipinski definition) is 2. The number of benzene rings is 1. The maximum Gasteiger partial charge on any atom is 0.221 e. The number of thiol groups is 1. The topological polar surface area (TPSA) is 29.1 Å². The highest BCUT2D eigenvalue weighted by molar-refractivity contribution is 8.27. The number of nitrogens with one attached hydrogen (secondary N) is 1. The second-order valence-electron chi connectivity index (χ2n) is 5.08. The molecule has 0 aromatic heterocycles. The number of amides is 1. The SMILES string of the molecule is CSC1CC(SC)(SC)c2cc(NC(C)=O)ccc2[SH]1C. The number of rotatable bonds is 4. The first-order chi connectivity index (χ1) is 9.97. The Labute approximate surface area is 143 Å². The van der Waals surface area contributed by atoms with Crippen LogP contribution in [0.25, 0.3) is 0 Å². The van der Waals surface area contributed by atoms with E-state index in [-0.39, 0.29) is 20.9 Å². The molecule has 1 amide bonds. The van der Waals surface area contributed by atoms with Crippen LogP contribution in [-0.4, -0.2) is 35.5 Å². The molecule has 2 atom stereocenters. The van der Waals surface area contributed by atoms with Gasteiger partial charge in [-0.2, -0.15) is 11.8 Å². The van der Waals surface area contributed by atoms with Crippen molar-refractivity contribution < 1.29 is 4.79 Å². The van der Waals surface area contributed by atoms with Crippen molar-refractivity contribution in [3.63, 3.8) is 0 Å². The van der Waals surface area contributed by atoms with Crippen molar-refractivity contribution in [1.29, 1.82) is 0 Å². The van der Waals surface area contributed by atoms with Gasteiger partial charge < -0.3 is 5.32 Å². The van der Waals surface area contributed by atoms with E-state index in [0.717, 1.165) is 5.69 Å². The Hall–Kier alpha value is 0.0900. The molecular weight excluding hydrogens is 338 g/mol. The molecule has 0 bridgehead atoms. The fourth-order valence-corrected chi connectivity index (χ4v) is 9.32. The number of hydrogen-bond acceptors (Lipinski definition) is 4. The molecule has 6 heteroatoms. The van der Waals surface area contributed by atoms with Crippen LogP contribution in [0.2, 0.25) is 0 Å². The summed E-state index contributed by atoms with van der Waals surface area (Å²) in [5.74, 6) is -0.00887. The quantitative estimate of drug-likeness (QED) is 0.605. The zero-order valence-corrected chi connectivity index (χ0v) is 16.4. The van der Waals surface area contributed by atoms with Gasteiger partial charge in [0.25, 0.3) is 0 Å². The molecule has 2 rings (SSSR count). The average Bonchev–Trinajstić information content (AvgIpc) is 2.48. The summed E-state index contributed by atoms with van der Waals surface area (Å²) in [7, 11) is -0.150. The number of thioether (sulfide) groups is 3. The van der Waals surface area contributed by atoms with E-state index in [2.05, 4.69) is 42.5 Å². The van der Waals surface area contributed by atoms with E-state index >= 15 is 0 Å². The van der Waals surface area contributed by atoms with Crippen LogP contribution in [0.4, 0.5) is 5.69 Å². The highest BCUT2D eigenvalue weighted by Crippen LogP contribution is 2.62. The molecule has 1 N–H and O–H groups in total. The fourth-order valence-electron chi connectivity index (χ4n) is 2.77. The predicted molar refractivity (Wildman–Crippen MR) is 105 cm³/mol. The summed E-state index contributed by atoms with van der Waals surface area (Å²) in [5, 5.41) is 2.93. The Morgan fingerprint density at radius 2 is 2.00 bits per heavy atom. The number of anilines is 1. The third-order valence-electron chi connectivity index (χ3n) is 3.91. The van der Waals surface area contributed by atoms with Crippen LogP contribution in [0, 0.1) is 0 Å². The van der Waals surface area contributed by atoms with E-state index in [1.165, 1.54) is 16.9 Å². The van der Waals surface area contributed by atoms with Crippen molar-refractivity contribution in [3.8, 4) is 0 Å². The molecule has 1 aromatic rings. The molecule has 2 unspecified atom stereocenters. The monoisotopic (exact) mass is 361 g/mol. The number of carbonyl (C=O) groups excluding carboxylic acids is 1. The third-order valence-corrected chi connectivity index (χ3v) is 11.5. The van der Waals surface area contributed by atoms with Gasteiger partial charge in [-0.25, -0.2) is 10.9 Å². The summed E-state index contributed by atoms with van der Waals surface area (Å²) in [5.41, 5.74) is 2.33. The molecule has 0 aliphatic carbocycles. The summed E-state index contributed by atoms with van der Waals surface area (Å²) >= 11 is 5.86. The van der Waals surface area contributed by atoms with Gasteiger partial charge in [-0.05, 0) is 60.1 Å². The van der Waals surface area contributed by atoms with Crippen LogP contribution in [0.1, 0.15) is 18.9 Å². The number of carbonyl (C=O) groups is 1. The minimum atomic E-state index is -0.150. The lowest BCUT2D eigenvalue weighted by Crippen LogP contribution is -2.29. The van der Waals surface area contributed by atoms with Gasteiger partial charge in [-0.1, -0.05) is 0 Å². The molecule has 1 aliphatic rings. The number of fused-ring (bicyclic) bond motifs is 1. The minimum absolute atomic E-state index is 0.00887. The van der Waals surface area contributed by atoms with Crippen LogP contribution < -0.4 is 5.32 Å². The van der Waals surface area contributed by atoms with Crippen LogP contribution in [0.3, 0.4) is 0 Å². The van der Waals surface area contributed by atoms with E-state index in [0.29, 0.717) is 4.58 Å². The third kappa shape index (κ3) is 3.38. The van der Waals surface area contributed by atoms with Gasteiger partial charge >= 0.3 is 0 Å². The Morgan fingerprint density at radius 3 is 2.52 bits per heavy atom. The molecule has 1 aliphatic heterocycles. The molecule has 0 radical (unpaired) electrons. The van der Waals surface area contributed by atoms with Crippen molar-refractivity contribution in [2.45, 2.75) is 26.9 Å². The second kappa shape index (κ2) is 7.11. The van der Waals surface area contributed by atoms with Gasteiger partial charge in [-0.15, -0.1) is 23.5 Å². The van der Waals surface area contributed by atoms with Gasteiger partial charge in [0.15, 0.2) is 0 Å². The second-order valence-corrected chi connectivity index (χ2v) is 11.3. The van der Waals surface area contributed by atoms with Gasteiger partial charge in [-0.3, -0.25) is 4.79 Å². The lowest BCUT2D eigenvalue weighted by Gasteiger charge is -2.45. The first-order valence-electron chi connectivity index (χ1n) is 6.75. The van der Waals surface area contributed by atoms with Gasteiger partial charge in [0, 0.05) is 17.2 Å². The molecular formula is C15H23NOS4. The molecule has 0 saturated heterocycles. The lowest BCUT2D eigenvalue weighted by molar-refractivity contribution is -0.114. The van der Waals surface area contributed by atoms with E-state index < -0.39 is 0 Å². The van der Waals surface area contributed by atoms with Crippen molar-refractivity contribution in [3.05, 3.63) is 23.8 Å². The average molecular weight is 362 g/mol. The molecule has 0 saturated carbocycles. The summed E-state index contributed by atoms with van der Waals surface area (Å²) in [4.78, 5) is 12.8. The van der Waals surface area contributed by atoms with E-state index in [9.17, 15) is 4.79 Å². The van der Waals surface area contributed by atoms with E-state index in [1.807, 2.05) is 41.4 Å². The molecule has 118 valence electrons. The summed E-state index contributed by atoms with van der Waals surface area (Å²) in [6, 6.07) is 6.47. The summed E-state index contributed by atoms with van der Waals surface area (Å²) in [6.07, 6.45) is 10.2. The fraction of sp³-hybridized carbons (Fsp3) is 0.533. The molecule has 2 nitrogen and oxygen atoms in total. The van der Waals surface area contributed by atoms with Crippen molar-refractivity contribution in [1.82, 2.24) is 0 Å². The zero-order valence-electron chi connectivity index (χ0n) is 13.1. The van der Waals surface area contributed by atoms with Crippen molar-refractivity contribution >= 4 is 57.8 Å². The normalized spacial score (nSPS) is 25.2. The predicted octanol–water partition coefficient (Wildman–Crippen LogP) is 4.61. The Bertz CT molecular complexity index is 530. The van der Waals surface area contributed by atoms with Crippen molar-refractivity contribution in [2.24, 2.45) is 0 Å². The minimum Gasteiger partial charge on any atom is -0.326 e. The van der Waals surface area contributed by atoms with Crippen LogP contribution >= 0.6 is 46.2 Å². The Morgan fingerprint density at radius 1 is 1.33 bits per heavy atom. The molecule has 0 spiro atoms. The highest BCUT2D eigenvalue weighted by atomic mass is 32.2. The molecule has 1 aromatic carbocycles. The van der Waals surface area contributed by atoms with Gasteiger partial charge in [0.05, 0.1) is 4.08 Å². The standard InChI is InChI=1S/C15H23NOS4/c1-10(17)16-11-6-7-13-12(8-11)15(19-3,20-4)9-14(18-2)21(13)5/h6-8,14,21H,9H2,1-5H3,(H,16,17).